The third-order valence-electron chi connectivity index (χ3n) is 4.29. The molecule has 1 aromatic rings. The maximum Gasteiger partial charge on any atom is 0.142 e. The average molecular weight is 248 g/mol. The summed E-state index contributed by atoms with van der Waals surface area (Å²) in [6.07, 6.45) is 2.42. The van der Waals surface area contributed by atoms with Gasteiger partial charge in [-0.25, -0.2) is 0 Å². The molecule has 0 bridgehead atoms. The van der Waals surface area contributed by atoms with E-state index in [9.17, 15) is 0 Å². The van der Waals surface area contributed by atoms with Crippen LogP contribution in [0.1, 0.15) is 26.7 Å². The molecule has 1 heterocycles. The minimum atomic E-state index is 0.0850. The molecule has 0 spiro atoms. The van der Waals surface area contributed by atoms with E-state index in [2.05, 4.69) is 30.9 Å². The van der Waals surface area contributed by atoms with Crippen LogP contribution in [0.3, 0.4) is 0 Å². The number of methoxy groups -OCH3 is 1. The number of anilines is 1. The van der Waals surface area contributed by atoms with Gasteiger partial charge in [0.05, 0.1) is 12.8 Å². The molecule has 100 valence electrons. The van der Waals surface area contributed by atoms with Crippen molar-refractivity contribution in [2.75, 3.05) is 25.1 Å². The van der Waals surface area contributed by atoms with Gasteiger partial charge in [0.2, 0.25) is 0 Å². The Balaban J connectivity index is 2.36. The number of hydrogen-bond acceptors (Lipinski definition) is 3. The van der Waals surface area contributed by atoms with E-state index in [1.807, 2.05) is 12.1 Å². The van der Waals surface area contributed by atoms with E-state index in [4.69, 9.17) is 10.5 Å². The molecular weight excluding hydrogens is 224 g/mol. The summed E-state index contributed by atoms with van der Waals surface area (Å²) in [6.45, 7) is 6.40. The van der Waals surface area contributed by atoms with E-state index < -0.39 is 0 Å². The van der Waals surface area contributed by atoms with Crippen molar-refractivity contribution in [3.63, 3.8) is 0 Å². The quantitative estimate of drug-likeness (QED) is 0.893. The summed E-state index contributed by atoms with van der Waals surface area (Å²) in [5, 5.41) is 0. The highest BCUT2D eigenvalue weighted by Gasteiger charge is 2.38. The Hall–Kier alpha value is -1.22. The van der Waals surface area contributed by atoms with Crippen LogP contribution in [0, 0.1) is 5.92 Å². The number of hydrogen-bond donors (Lipinski definition) is 1. The van der Waals surface area contributed by atoms with Gasteiger partial charge in [-0.1, -0.05) is 12.1 Å². The van der Waals surface area contributed by atoms with Crippen LogP contribution in [0.15, 0.2) is 24.3 Å². The smallest absolute Gasteiger partial charge is 0.142 e. The molecule has 1 atom stereocenters. The van der Waals surface area contributed by atoms with Crippen molar-refractivity contribution in [2.45, 2.75) is 32.2 Å². The van der Waals surface area contributed by atoms with Crippen molar-refractivity contribution in [2.24, 2.45) is 11.7 Å². The highest BCUT2D eigenvalue weighted by molar-refractivity contribution is 5.60. The molecule has 1 aliphatic heterocycles. The molecule has 0 saturated carbocycles. The minimum Gasteiger partial charge on any atom is -0.495 e. The molecular formula is C15H24N2O. The van der Waals surface area contributed by atoms with Crippen molar-refractivity contribution in [1.29, 1.82) is 0 Å². The van der Waals surface area contributed by atoms with Gasteiger partial charge in [-0.3, -0.25) is 0 Å². The van der Waals surface area contributed by atoms with E-state index in [0.29, 0.717) is 5.92 Å². The first kappa shape index (κ1) is 13.2. The highest BCUT2D eigenvalue weighted by Crippen LogP contribution is 2.40. The molecule has 0 aromatic heterocycles. The predicted molar refractivity (Wildman–Crippen MR) is 76.2 cm³/mol. The van der Waals surface area contributed by atoms with E-state index in [0.717, 1.165) is 18.8 Å². The SMILES string of the molecule is COc1ccccc1N1CCCC(CN)C1(C)C. The monoisotopic (exact) mass is 248 g/mol. The molecule has 18 heavy (non-hydrogen) atoms. The predicted octanol–water partition coefficient (Wildman–Crippen LogP) is 2.65. The number of nitrogens with zero attached hydrogens (tertiary/aromatic N) is 1. The summed E-state index contributed by atoms with van der Waals surface area (Å²) in [5.41, 5.74) is 7.20. The van der Waals surface area contributed by atoms with Gasteiger partial charge in [-0.05, 0) is 51.3 Å². The van der Waals surface area contributed by atoms with Crippen LogP contribution in [-0.2, 0) is 0 Å². The number of piperidine rings is 1. The lowest BCUT2D eigenvalue weighted by Crippen LogP contribution is -2.55. The second-order valence-corrected chi connectivity index (χ2v) is 5.55. The van der Waals surface area contributed by atoms with Gasteiger partial charge in [0.15, 0.2) is 0 Å². The van der Waals surface area contributed by atoms with Crippen molar-refractivity contribution >= 4 is 5.69 Å². The largest absolute Gasteiger partial charge is 0.495 e. The summed E-state index contributed by atoms with van der Waals surface area (Å²) >= 11 is 0. The van der Waals surface area contributed by atoms with Gasteiger partial charge >= 0.3 is 0 Å². The first-order valence-electron chi connectivity index (χ1n) is 6.72. The third-order valence-corrected chi connectivity index (χ3v) is 4.29. The Bertz CT molecular complexity index is 403. The number of para-hydroxylation sites is 2. The van der Waals surface area contributed by atoms with Crippen molar-refractivity contribution in [3.8, 4) is 5.75 Å². The van der Waals surface area contributed by atoms with Crippen molar-refractivity contribution in [3.05, 3.63) is 24.3 Å². The normalized spacial score (nSPS) is 22.9. The van der Waals surface area contributed by atoms with Gasteiger partial charge in [0, 0.05) is 12.1 Å². The number of rotatable bonds is 3. The Morgan fingerprint density at radius 3 is 2.78 bits per heavy atom. The zero-order valence-electron chi connectivity index (χ0n) is 11.6. The molecule has 1 aromatic carbocycles. The molecule has 1 unspecified atom stereocenters. The van der Waals surface area contributed by atoms with E-state index in [-0.39, 0.29) is 5.54 Å². The van der Waals surface area contributed by atoms with E-state index >= 15 is 0 Å². The zero-order chi connectivity index (χ0) is 13.2. The van der Waals surface area contributed by atoms with Gasteiger partial charge in [-0.15, -0.1) is 0 Å². The highest BCUT2D eigenvalue weighted by atomic mass is 16.5. The average Bonchev–Trinajstić information content (AvgIpc) is 2.38. The maximum atomic E-state index is 5.93. The zero-order valence-corrected chi connectivity index (χ0v) is 11.6. The van der Waals surface area contributed by atoms with E-state index in [1.54, 1.807) is 7.11 Å². The van der Waals surface area contributed by atoms with Gasteiger partial charge in [-0.2, -0.15) is 0 Å². The fraction of sp³-hybridized carbons (Fsp3) is 0.600. The molecule has 2 rings (SSSR count). The third kappa shape index (κ3) is 2.19. The number of ether oxygens (including phenoxy) is 1. The lowest BCUT2D eigenvalue weighted by Gasteiger charge is -2.49. The first-order valence-corrected chi connectivity index (χ1v) is 6.72. The van der Waals surface area contributed by atoms with Crippen LogP contribution in [0.5, 0.6) is 5.75 Å². The lowest BCUT2D eigenvalue weighted by atomic mass is 9.78. The fourth-order valence-electron chi connectivity index (χ4n) is 3.05. The van der Waals surface area contributed by atoms with Crippen molar-refractivity contribution < 1.29 is 4.74 Å². The topological polar surface area (TPSA) is 38.5 Å². The van der Waals surface area contributed by atoms with E-state index in [1.165, 1.54) is 18.5 Å². The Morgan fingerprint density at radius 1 is 1.39 bits per heavy atom. The Kier molecular flexibility index (Phi) is 3.81. The standard InChI is InChI=1S/C15H24N2O/c1-15(2)12(11-16)7-6-10-17(15)13-8-4-5-9-14(13)18-3/h4-5,8-9,12H,6-7,10-11,16H2,1-3H3. The summed E-state index contributed by atoms with van der Waals surface area (Å²) in [5.74, 6) is 1.49. The van der Waals surface area contributed by atoms with Crippen LogP contribution < -0.4 is 15.4 Å². The number of benzene rings is 1. The molecule has 1 saturated heterocycles. The van der Waals surface area contributed by atoms with Gasteiger partial charge in [0.1, 0.15) is 5.75 Å². The second kappa shape index (κ2) is 5.19. The molecule has 1 aliphatic rings. The Labute approximate surface area is 110 Å². The molecule has 0 radical (unpaired) electrons. The molecule has 1 fully saturated rings. The van der Waals surface area contributed by atoms with Crippen LogP contribution in [0.25, 0.3) is 0 Å². The molecule has 2 N–H and O–H groups in total. The first-order chi connectivity index (χ1) is 8.61. The summed E-state index contributed by atoms with van der Waals surface area (Å²) in [6, 6.07) is 8.25. The van der Waals surface area contributed by atoms with Crippen LogP contribution >= 0.6 is 0 Å². The summed E-state index contributed by atoms with van der Waals surface area (Å²) in [4.78, 5) is 2.45. The van der Waals surface area contributed by atoms with Gasteiger partial charge in [0.25, 0.3) is 0 Å². The molecule has 3 nitrogen and oxygen atoms in total. The second-order valence-electron chi connectivity index (χ2n) is 5.55. The van der Waals surface area contributed by atoms with Crippen molar-refractivity contribution in [1.82, 2.24) is 0 Å². The fourth-order valence-corrected chi connectivity index (χ4v) is 3.05. The van der Waals surface area contributed by atoms with Crippen LogP contribution in [-0.4, -0.2) is 25.7 Å². The Morgan fingerprint density at radius 2 is 2.11 bits per heavy atom. The lowest BCUT2D eigenvalue weighted by molar-refractivity contribution is 0.242. The van der Waals surface area contributed by atoms with Crippen LogP contribution in [0.4, 0.5) is 5.69 Å². The molecule has 0 amide bonds. The minimum absolute atomic E-state index is 0.0850. The summed E-state index contributed by atoms with van der Waals surface area (Å²) in [7, 11) is 1.73. The van der Waals surface area contributed by atoms with Crippen LogP contribution in [0.2, 0.25) is 0 Å². The summed E-state index contributed by atoms with van der Waals surface area (Å²) < 4.78 is 5.49. The molecule has 3 heteroatoms. The maximum absolute atomic E-state index is 5.93. The van der Waals surface area contributed by atoms with Gasteiger partial charge < -0.3 is 15.4 Å². The number of nitrogens with two attached hydrogens (primary N) is 1. The molecule has 0 aliphatic carbocycles.